The molecule has 0 aliphatic carbocycles. The molecule has 5 heteroatoms. The van der Waals surface area contributed by atoms with Crippen molar-refractivity contribution in [3.63, 3.8) is 0 Å². The lowest BCUT2D eigenvalue weighted by molar-refractivity contribution is -0.116. The summed E-state index contributed by atoms with van der Waals surface area (Å²) in [6, 6.07) is 5.48. The van der Waals surface area contributed by atoms with Gasteiger partial charge in [0.05, 0.1) is 0 Å². The molecule has 0 radical (unpaired) electrons. The molecule has 0 saturated carbocycles. The van der Waals surface area contributed by atoms with Gasteiger partial charge >= 0.3 is 0 Å². The zero-order chi connectivity index (χ0) is 11.9. The Balaban J connectivity index is 1.70. The summed E-state index contributed by atoms with van der Waals surface area (Å²) in [6.45, 7) is 4.90. The van der Waals surface area contributed by atoms with Gasteiger partial charge in [-0.1, -0.05) is 6.07 Å². The molecule has 1 fully saturated rings. The van der Waals surface area contributed by atoms with Gasteiger partial charge in [-0.2, -0.15) is 0 Å². The second kappa shape index (κ2) is 6.32. The van der Waals surface area contributed by atoms with Crippen LogP contribution in [0.2, 0.25) is 0 Å². The van der Waals surface area contributed by atoms with Crippen LogP contribution in [0.1, 0.15) is 6.42 Å². The summed E-state index contributed by atoms with van der Waals surface area (Å²) in [4.78, 5) is 18.0. The van der Waals surface area contributed by atoms with Gasteiger partial charge in [0.2, 0.25) is 5.91 Å². The number of anilines is 1. The maximum atomic E-state index is 11.7. The fourth-order valence-electron chi connectivity index (χ4n) is 1.84. The Kier molecular flexibility index (Phi) is 4.46. The number of nitrogens with zero attached hydrogens (tertiary/aromatic N) is 2. The summed E-state index contributed by atoms with van der Waals surface area (Å²) in [5.41, 5.74) is 0. The first-order chi connectivity index (χ1) is 8.34. The molecule has 0 bridgehead atoms. The Bertz CT molecular complexity index is 349. The molecule has 1 aliphatic heterocycles. The number of aromatic nitrogens is 1. The molecular weight excluding hydrogens is 216 g/mol. The monoisotopic (exact) mass is 234 g/mol. The van der Waals surface area contributed by atoms with Gasteiger partial charge in [-0.3, -0.25) is 4.79 Å². The van der Waals surface area contributed by atoms with Crippen LogP contribution in [0.4, 0.5) is 5.82 Å². The van der Waals surface area contributed by atoms with Crippen LogP contribution in [0.15, 0.2) is 24.4 Å². The summed E-state index contributed by atoms with van der Waals surface area (Å²) in [6.07, 6.45) is 2.20. The second-order valence-electron chi connectivity index (χ2n) is 4.10. The highest BCUT2D eigenvalue weighted by atomic mass is 16.1. The first-order valence-corrected chi connectivity index (χ1v) is 5.98. The first-order valence-electron chi connectivity index (χ1n) is 5.98. The van der Waals surface area contributed by atoms with Crippen LogP contribution in [0.25, 0.3) is 0 Å². The standard InChI is InChI=1S/C12H18N4O/c17-12(15-11-3-1-2-5-14-11)4-8-16-9-6-13-7-10-16/h1-3,5,13H,4,6-10H2,(H,14,15,17). The Morgan fingerprint density at radius 1 is 1.41 bits per heavy atom. The third-order valence-electron chi connectivity index (χ3n) is 2.80. The minimum atomic E-state index is 0.0298. The van der Waals surface area contributed by atoms with E-state index < -0.39 is 0 Å². The van der Waals surface area contributed by atoms with Crippen LogP contribution in [-0.2, 0) is 4.79 Å². The number of carbonyl (C=O) groups excluding carboxylic acids is 1. The summed E-state index contributed by atoms with van der Waals surface area (Å²) < 4.78 is 0. The van der Waals surface area contributed by atoms with E-state index in [-0.39, 0.29) is 5.91 Å². The summed E-state index contributed by atoms with van der Waals surface area (Å²) in [5, 5.41) is 6.08. The first kappa shape index (κ1) is 12.0. The van der Waals surface area contributed by atoms with Crippen molar-refractivity contribution >= 4 is 11.7 Å². The van der Waals surface area contributed by atoms with Crippen LogP contribution >= 0.6 is 0 Å². The number of carbonyl (C=O) groups is 1. The van der Waals surface area contributed by atoms with E-state index in [2.05, 4.69) is 20.5 Å². The molecule has 0 unspecified atom stereocenters. The number of amides is 1. The minimum Gasteiger partial charge on any atom is -0.314 e. The molecule has 2 rings (SSSR count). The van der Waals surface area contributed by atoms with E-state index in [1.807, 2.05) is 12.1 Å². The highest BCUT2D eigenvalue weighted by molar-refractivity contribution is 5.89. The van der Waals surface area contributed by atoms with Gasteiger partial charge in [-0.25, -0.2) is 4.98 Å². The number of hydrogen-bond donors (Lipinski definition) is 2. The van der Waals surface area contributed by atoms with Crippen molar-refractivity contribution in [2.45, 2.75) is 6.42 Å². The highest BCUT2D eigenvalue weighted by Crippen LogP contribution is 2.01. The van der Waals surface area contributed by atoms with Crippen molar-refractivity contribution in [1.82, 2.24) is 15.2 Å². The maximum Gasteiger partial charge on any atom is 0.226 e. The molecule has 92 valence electrons. The summed E-state index contributed by atoms with van der Waals surface area (Å²) in [7, 11) is 0. The van der Waals surface area contributed by atoms with E-state index in [9.17, 15) is 4.79 Å². The van der Waals surface area contributed by atoms with Gasteiger partial charge < -0.3 is 15.5 Å². The molecule has 1 aromatic rings. The van der Waals surface area contributed by atoms with E-state index in [1.165, 1.54) is 0 Å². The number of nitrogens with one attached hydrogen (secondary N) is 2. The van der Waals surface area contributed by atoms with Crippen LogP contribution in [0, 0.1) is 0 Å². The van der Waals surface area contributed by atoms with Crippen molar-refractivity contribution in [2.75, 3.05) is 38.0 Å². The predicted octanol–water partition coefficient (Wildman–Crippen LogP) is 0.315. The lowest BCUT2D eigenvalue weighted by atomic mass is 10.3. The quantitative estimate of drug-likeness (QED) is 0.787. The molecule has 0 atom stereocenters. The smallest absolute Gasteiger partial charge is 0.226 e. The van der Waals surface area contributed by atoms with Crippen molar-refractivity contribution < 1.29 is 4.79 Å². The second-order valence-corrected chi connectivity index (χ2v) is 4.10. The van der Waals surface area contributed by atoms with Gasteiger partial charge in [0.15, 0.2) is 0 Å². The number of rotatable bonds is 4. The minimum absolute atomic E-state index is 0.0298. The van der Waals surface area contributed by atoms with Crippen molar-refractivity contribution in [1.29, 1.82) is 0 Å². The molecule has 0 aromatic carbocycles. The van der Waals surface area contributed by atoms with Gasteiger partial charge in [-0.15, -0.1) is 0 Å². The normalized spacial score (nSPS) is 16.7. The van der Waals surface area contributed by atoms with Gasteiger partial charge in [0.25, 0.3) is 0 Å². The molecule has 0 spiro atoms. The lowest BCUT2D eigenvalue weighted by Gasteiger charge is -2.26. The van der Waals surface area contributed by atoms with E-state index in [4.69, 9.17) is 0 Å². The third kappa shape index (κ3) is 4.13. The SMILES string of the molecule is O=C(CCN1CCNCC1)Nc1ccccn1. The summed E-state index contributed by atoms with van der Waals surface area (Å²) in [5.74, 6) is 0.653. The predicted molar refractivity (Wildman–Crippen MR) is 66.8 cm³/mol. The van der Waals surface area contributed by atoms with Crippen molar-refractivity contribution in [3.8, 4) is 0 Å². The van der Waals surface area contributed by atoms with Crippen LogP contribution < -0.4 is 10.6 Å². The Morgan fingerprint density at radius 2 is 2.24 bits per heavy atom. The van der Waals surface area contributed by atoms with E-state index in [0.29, 0.717) is 12.2 Å². The zero-order valence-electron chi connectivity index (χ0n) is 9.85. The summed E-state index contributed by atoms with van der Waals surface area (Å²) >= 11 is 0. The molecule has 1 aromatic heterocycles. The lowest BCUT2D eigenvalue weighted by Crippen LogP contribution is -2.44. The molecule has 1 aliphatic rings. The molecule has 2 N–H and O–H groups in total. The topological polar surface area (TPSA) is 57.3 Å². The fourth-order valence-corrected chi connectivity index (χ4v) is 1.84. The van der Waals surface area contributed by atoms with Gasteiger partial charge in [-0.05, 0) is 12.1 Å². The molecule has 1 amide bonds. The Hall–Kier alpha value is -1.46. The molecule has 2 heterocycles. The molecular formula is C12H18N4O. The Morgan fingerprint density at radius 3 is 2.94 bits per heavy atom. The van der Waals surface area contributed by atoms with Crippen molar-refractivity contribution in [2.24, 2.45) is 0 Å². The van der Waals surface area contributed by atoms with E-state index in [1.54, 1.807) is 12.3 Å². The third-order valence-corrected chi connectivity index (χ3v) is 2.80. The van der Waals surface area contributed by atoms with Crippen LogP contribution in [-0.4, -0.2) is 48.5 Å². The average molecular weight is 234 g/mol. The van der Waals surface area contributed by atoms with Gasteiger partial charge in [0, 0.05) is 45.3 Å². The molecule has 1 saturated heterocycles. The molecule has 5 nitrogen and oxygen atoms in total. The van der Waals surface area contributed by atoms with Gasteiger partial charge in [0.1, 0.15) is 5.82 Å². The largest absolute Gasteiger partial charge is 0.314 e. The number of pyridine rings is 1. The maximum absolute atomic E-state index is 11.7. The number of piperazine rings is 1. The van der Waals surface area contributed by atoms with E-state index in [0.717, 1.165) is 32.7 Å². The Labute approximate surface area is 101 Å². The number of hydrogen-bond acceptors (Lipinski definition) is 4. The average Bonchev–Trinajstić information content (AvgIpc) is 2.39. The van der Waals surface area contributed by atoms with E-state index >= 15 is 0 Å². The van der Waals surface area contributed by atoms with Crippen molar-refractivity contribution in [3.05, 3.63) is 24.4 Å². The highest BCUT2D eigenvalue weighted by Gasteiger charge is 2.11. The molecule has 17 heavy (non-hydrogen) atoms. The van der Waals surface area contributed by atoms with Crippen LogP contribution in [0.3, 0.4) is 0 Å². The van der Waals surface area contributed by atoms with Crippen LogP contribution in [0.5, 0.6) is 0 Å². The zero-order valence-corrected chi connectivity index (χ0v) is 9.85. The fraction of sp³-hybridized carbons (Fsp3) is 0.500.